The summed E-state index contributed by atoms with van der Waals surface area (Å²) in [5.41, 5.74) is 0.518. The Hall–Kier alpha value is -4.52. The molecule has 0 heterocycles. The van der Waals surface area contributed by atoms with Gasteiger partial charge in [-0.15, -0.1) is 0 Å². The van der Waals surface area contributed by atoms with E-state index in [4.69, 9.17) is 4.52 Å². The fourth-order valence-corrected chi connectivity index (χ4v) is 11.4. The van der Waals surface area contributed by atoms with Crippen LogP contribution in [0.3, 0.4) is 0 Å². The molecule has 0 atom stereocenters. The second kappa shape index (κ2) is 9.74. The SMILES string of the molecule is O=C(OP(c1ccccc1)(c1ccccc1)(c1ccccc1)c1cccc2ccccc12)c1ccccc1. The molecule has 38 heavy (non-hydrogen) atoms. The fourth-order valence-electron chi connectivity index (χ4n) is 5.58. The van der Waals surface area contributed by atoms with Crippen molar-refractivity contribution in [1.29, 1.82) is 0 Å². The van der Waals surface area contributed by atoms with Gasteiger partial charge in [0, 0.05) is 0 Å². The Morgan fingerprint density at radius 3 is 1.39 bits per heavy atom. The second-order valence-corrected chi connectivity index (χ2v) is 13.6. The molecule has 0 aliphatic heterocycles. The molecule has 184 valence electrons. The molecule has 0 aromatic heterocycles. The van der Waals surface area contributed by atoms with Crippen molar-refractivity contribution < 1.29 is 9.32 Å². The molecule has 2 nitrogen and oxygen atoms in total. The van der Waals surface area contributed by atoms with Crippen LogP contribution in [0, 0.1) is 0 Å². The number of carbonyl (C=O) groups excluding carboxylic acids is 1. The molecule has 0 fully saturated rings. The van der Waals surface area contributed by atoms with Crippen molar-refractivity contribution in [3.63, 3.8) is 0 Å². The van der Waals surface area contributed by atoms with Gasteiger partial charge in [-0.3, -0.25) is 0 Å². The van der Waals surface area contributed by atoms with Crippen LogP contribution in [0.1, 0.15) is 10.4 Å². The maximum atomic E-state index is 14.3. The van der Waals surface area contributed by atoms with Crippen molar-refractivity contribution in [3.8, 4) is 0 Å². The van der Waals surface area contributed by atoms with Gasteiger partial charge >= 0.3 is 223 Å². The van der Waals surface area contributed by atoms with Crippen LogP contribution in [0.5, 0.6) is 0 Å². The third-order valence-electron chi connectivity index (χ3n) is 7.25. The molecule has 0 radical (unpaired) electrons. The van der Waals surface area contributed by atoms with E-state index < -0.39 is 6.83 Å². The fraction of sp³-hybridized carbons (Fsp3) is 0. The summed E-state index contributed by atoms with van der Waals surface area (Å²) < 4.78 is 7.26. The number of fused-ring (bicyclic) bond motifs is 1. The first-order valence-corrected chi connectivity index (χ1v) is 14.9. The van der Waals surface area contributed by atoms with Gasteiger partial charge in [0.1, 0.15) is 0 Å². The first-order valence-electron chi connectivity index (χ1n) is 12.7. The van der Waals surface area contributed by atoms with Gasteiger partial charge in [0.25, 0.3) is 0 Å². The Balaban J connectivity index is 1.88. The van der Waals surface area contributed by atoms with Crippen molar-refractivity contribution in [3.05, 3.63) is 169 Å². The summed E-state index contributed by atoms with van der Waals surface area (Å²) in [6.07, 6.45) is 0. The Morgan fingerprint density at radius 2 is 0.868 bits per heavy atom. The number of hydrogen-bond donors (Lipinski definition) is 0. The predicted octanol–water partition coefficient (Wildman–Crippen LogP) is 6.77. The normalized spacial score (nSPS) is 12.4. The van der Waals surface area contributed by atoms with Crippen LogP contribution in [0.2, 0.25) is 0 Å². The van der Waals surface area contributed by atoms with Gasteiger partial charge in [-0.1, -0.05) is 0 Å². The van der Waals surface area contributed by atoms with E-state index >= 15 is 0 Å². The van der Waals surface area contributed by atoms with Gasteiger partial charge in [0.15, 0.2) is 0 Å². The van der Waals surface area contributed by atoms with Crippen molar-refractivity contribution in [1.82, 2.24) is 0 Å². The molecule has 3 heteroatoms. The van der Waals surface area contributed by atoms with Gasteiger partial charge in [-0.2, -0.15) is 0 Å². The molecule has 0 amide bonds. The monoisotopic (exact) mass is 510 g/mol. The minimum atomic E-state index is -4.15. The van der Waals surface area contributed by atoms with E-state index in [-0.39, 0.29) is 5.97 Å². The molecule has 0 saturated heterocycles. The van der Waals surface area contributed by atoms with E-state index in [1.165, 1.54) is 0 Å². The maximum absolute atomic E-state index is 14.3. The summed E-state index contributed by atoms with van der Waals surface area (Å²) in [5.74, 6) is -0.354. The molecule has 6 aromatic rings. The van der Waals surface area contributed by atoms with E-state index in [9.17, 15) is 4.79 Å². The zero-order valence-corrected chi connectivity index (χ0v) is 21.7. The van der Waals surface area contributed by atoms with E-state index in [1.54, 1.807) is 0 Å². The van der Waals surface area contributed by atoms with Gasteiger partial charge < -0.3 is 0 Å². The first-order chi connectivity index (χ1) is 18.7. The quantitative estimate of drug-likeness (QED) is 0.231. The zero-order chi connectivity index (χ0) is 25.9. The van der Waals surface area contributed by atoms with Crippen LogP contribution in [-0.2, 0) is 4.52 Å². The molecule has 0 unspecified atom stereocenters. The minimum absolute atomic E-state index is 0.354. The van der Waals surface area contributed by atoms with Crippen LogP contribution in [0.4, 0.5) is 0 Å². The third kappa shape index (κ3) is 3.57. The molecule has 0 aliphatic rings. The van der Waals surface area contributed by atoms with E-state index in [2.05, 4.69) is 72.8 Å². The molecule has 0 N–H and O–H groups in total. The van der Waals surface area contributed by atoms with Crippen LogP contribution >= 0.6 is 6.83 Å². The Labute approximate surface area is 223 Å². The molecule has 6 rings (SSSR count). The van der Waals surface area contributed by atoms with Crippen molar-refractivity contribution in [2.45, 2.75) is 0 Å². The molecule has 6 aromatic carbocycles. The molecular weight excluding hydrogens is 483 g/mol. The van der Waals surface area contributed by atoms with Gasteiger partial charge in [0.05, 0.1) is 0 Å². The average Bonchev–Trinajstić information content (AvgIpc) is 3.01. The predicted molar refractivity (Wildman–Crippen MR) is 161 cm³/mol. The van der Waals surface area contributed by atoms with Crippen LogP contribution in [0.25, 0.3) is 10.8 Å². The molecule has 0 saturated carbocycles. The van der Waals surface area contributed by atoms with Gasteiger partial charge in [-0.25, -0.2) is 0 Å². The Kier molecular flexibility index (Phi) is 6.12. The number of rotatable bonds is 6. The summed E-state index contributed by atoms with van der Waals surface area (Å²) >= 11 is 0. The molecule has 0 spiro atoms. The standard InChI is InChI=1S/C35H27O2P/c36-35(29-17-5-1-6-18-29)37-38(30-20-7-2-8-21-30,31-22-9-3-10-23-31,32-24-11-4-12-25-32)34-27-15-19-28-16-13-14-26-33(28)34/h1-27H. The number of benzene rings is 6. The van der Waals surface area contributed by atoms with Crippen LogP contribution in [0.15, 0.2) is 164 Å². The first kappa shape index (κ1) is 23.9. The van der Waals surface area contributed by atoms with Crippen LogP contribution in [-0.4, -0.2) is 5.97 Å². The van der Waals surface area contributed by atoms with Gasteiger partial charge in [-0.05, 0) is 0 Å². The molecule has 0 bridgehead atoms. The van der Waals surface area contributed by atoms with Crippen molar-refractivity contribution in [2.75, 3.05) is 0 Å². The second-order valence-electron chi connectivity index (χ2n) is 9.29. The number of hydrogen-bond acceptors (Lipinski definition) is 2. The van der Waals surface area contributed by atoms with E-state index in [1.807, 2.05) is 91.0 Å². The summed E-state index contributed by atoms with van der Waals surface area (Å²) in [5, 5.41) is 6.06. The summed E-state index contributed by atoms with van der Waals surface area (Å²) in [4.78, 5) is 14.3. The van der Waals surface area contributed by atoms with Gasteiger partial charge in [0.2, 0.25) is 0 Å². The number of carbonyl (C=O) groups is 1. The summed E-state index contributed by atoms with van der Waals surface area (Å²) in [7, 11) is 0. The zero-order valence-electron chi connectivity index (χ0n) is 20.9. The summed E-state index contributed by atoms with van der Waals surface area (Å²) in [6, 6.07) is 54.8. The topological polar surface area (TPSA) is 26.3 Å². The molecule has 0 aliphatic carbocycles. The van der Waals surface area contributed by atoms with E-state index in [0.717, 1.165) is 32.0 Å². The summed E-state index contributed by atoms with van der Waals surface area (Å²) in [6.45, 7) is -4.15. The van der Waals surface area contributed by atoms with E-state index in [0.29, 0.717) is 5.56 Å². The average molecular weight is 511 g/mol. The van der Waals surface area contributed by atoms with Crippen LogP contribution < -0.4 is 21.2 Å². The Bertz CT molecular complexity index is 1590. The Morgan fingerprint density at radius 1 is 0.447 bits per heavy atom. The molecular formula is C35H27O2P. The van der Waals surface area contributed by atoms with Crippen molar-refractivity contribution >= 4 is 44.8 Å². The van der Waals surface area contributed by atoms with Crippen molar-refractivity contribution in [2.24, 2.45) is 0 Å². The third-order valence-corrected chi connectivity index (χ3v) is 12.9.